The Labute approximate surface area is 103 Å². The Morgan fingerprint density at radius 3 is 2.71 bits per heavy atom. The molecule has 1 rings (SSSR count). The molecule has 2 unspecified atom stereocenters. The highest BCUT2D eigenvalue weighted by Crippen LogP contribution is 2.17. The highest BCUT2D eigenvalue weighted by atomic mass is 16.2. The summed E-state index contributed by atoms with van der Waals surface area (Å²) in [6.45, 7) is 3.24. The predicted molar refractivity (Wildman–Crippen MR) is 66.5 cm³/mol. The van der Waals surface area contributed by atoms with Crippen LogP contribution in [0.25, 0.3) is 0 Å². The van der Waals surface area contributed by atoms with Crippen molar-refractivity contribution in [3.8, 4) is 0 Å². The molecule has 2 amide bonds. The number of nitrogens with zero attached hydrogens (tertiary/aromatic N) is 1. The number of rotatable bonds is 4. The molecule has 0 aromatic carbocycles. The van der Waals surface area contributed by atoms with Crippen LogP contribution in [0, 0.1) is 5.92 Å². The van der Waals surface area contributed by atoms with Gasteiger partial charge >= 0.3 is 0 Å². The van der Waals surface area contributed by atoms with Gasteiger partial charge in [-0.25, -0.2) is 0 Å². The number of carbonyl (C=O) groups excluding carboxylic acids is 2. The van der Waals surface area contributed by atoms with Crippen molar-refractivity contribution in [3.63, 3.8) is 0 Å². The second-order valence-electron chi connectivity index (χ2n) is 4.95. The van der Waals surface area contributed by atoms with Crippen molar-refractivity contribution in [1.82, 2.24) is 15.5 Å². The van der Waals surface area contributed by atoms with Gasteiger partial charge in [0, 0.05) is 26.6 Å². The SMILES string of the molecule is CC1CCCNC1CC(=O)NCC(=O)N(C)C. The van der Waals surface area contributed by atoms with Gasteiger partial charge in [0.15, 0.2) is 0 Å². The molecule has 98 valence electrons. The van der Waals surface area contributed by atoms with Gasteiger partial charge < -0.3 is 15.5 Å². The number of hydrogen-bond acceptors (Lipinski definition) is 3. The number of piperidine rings is 1. The summed E-state index contributed by atoms with van der Waals surface area (Å²) >= 11 is 0. The van der Waals surface area contributed by atoms with E-state index in [-0.39, 0.29) is 24.4 Å². The van der Waals surface area contributed by atoms with Crippen molar-refractivity contribution in [2.75, 3.05) is 27.2 Å². The Kier molecular flexibility index (Phi) is 5.41. The van der Waals surface area contributed by atoms with Crippen LogP contribution in [0.3, 0.4) is 0 Å². The highest BCUT2D eigenvalue weighted by molar-refractivity contribution is 5.84. The smallest absolute Gasteiger partial charge is 0.241 e. The molecule has 1 aliphatic rings. The third-order valence-electron chi connectivity index (χ3n) is 3.27. The molecule has 0 radical (unpaired) electrons. The molecule has 1 aliphatic heterocycles. The van der Waals surface area contributed by atoms with Gasteiger partial charge in [0.25, 0.3) is 0 Å². The van der Waals surface area contributed by atoms with Crippen molar-refractivity contribution in [2.24, 2.45) is 5.92 Å². The Morgan fingerprint density at radius 2 is 2.12 bits per heavy atom. The fourth-order valence-corrected chi connectivity index (χ4v) is 1.99. The largest absolute Gasteiger partial charge is 0.347 e. The van der Waals surface area contributed by atoms with Gasteiger partial charge in [-0.15, -0.1) is 0 Å². The van der Waals surface area contributed by atoms with Crippen molar-refractivity contribution in [1.29, 1.82) is 0 Å². The lowest BCUT2D eigenvalue weighted by Gasteiger charge is -2.29. The van der Waals surface area contributed by atoms with Gasteiger partial charge in [-0.05, 0) is 25.3 Å². The van der Waals surface area contributed by atoms with Crippen LogP contribution in [-0.4, -0.2) is 49.9 Å². The maximum Gasteiger partial charge on any atom is 0.241 e. The molecule has 2 N–H and O–H groups in total. The fourth-order valence-electron chi connectivity index (χ4n) is 1.99. The molecular weight excluding hydrogens is 218 g/mol. The van der Waals surface area contributed by atoms with Crippen LogP contribution < -0.4 is 10.6 Å². The lowest BCUT2D eigenvalue weighted by Crippen LogP contribution is -2.44. The summed E-state index contributed by atoms with van der Waals surface area (Å²) in [5.74, 6) is 0.397. The van der Waals surface area contributed by atoms with E-state index in [0.717, 1.165) is 6.54 Å². The molecule has 0 aromatic heterocycles. The maximum absolute atomic E-state index is 11.7. The first-order valence-electron chi connectivity index (χ1n) is 6.21. The third kappa shape index (κ3) is 4.73. The number of amides is 2. The van der Waals surface area contributed by atoms with Crippen molar-refractivity contribution in [3.05, 3.63) is 0 Å². The van der Waals surface area contributed by atoms with E-state index in [1.165, 1.54) is 17.7 Å². The number of likely N-dealkylation sites (N-methyl/N-ethyl adjacent to an activating group) is 1. The lowest BCUT2D eigenvalue weighted by atomic mass is 9.90. The average molecular weight is 241 g/mol. The number of nitrogens with one attached hydrogen (secondary N) is 2. The summed E-state index contributed by atoms with van der Waals surface area (Å²) in [5.41, 5.74) is 0. The number of carbonyl (C=O) groups is 2. The van der Waals surface area contributed by atoms with Crippen LogP contribution in [0.1, 0.15) is 26.2 Å². The van der Waals surface area contributed by atoms with Gasteiger partial charge in [-0.2, -0.15) is 0 Å². The van der Waals surface area contributed by atoms with Crippen molar-refractivity contribution >= 4 is 11.8 Å². The first-order valence-corrected chi connectivity index (χ1v) is 6.21. The Morgan fingerprint density at radius 1 is 1.41 bits per heavy atom. The summed E-state index contributed by atoms with van der Waals surface area (Å²) < 4.78 is 0. The monoisotopic (exact) mass is 241 g/mol. The standard InChI is InChI=1S/C12H23N3O2/c1-9-5-4-6-13-10(9)7-11(16)14-8-12(17)15(2)3/h9-10,13H,4-8H2,1-3H3,(H,14,16). The third-order valence-corrected chi connectivity index (χ3v) is 3.27. The van der Waals surface area contributed by atoms with E-state index in [0.29, 0.717) is 12.3 Å². The van der Waals surface area contributed by atoms with Crippen LogP contribution in [0.2, 0.25) is 0 Å². The molecule has 0 bridgehead atoms. The minimum absolute atomic E-state index is 0.0496. The van der Waals surface area contributed by atoms with Crippen LogP contribution in [-0.2, 0) is 9.59 Å². The van der Waals surface area contributed by atoms with Crippen LogP contribution in [0.5, 0.6) is 0 Å². The van der Waals surface area contributed by atoms with Crippen LogP contribution in [0.15, 0.2) is 0 Å². The first kappa shape index (κ1) is 14.0. The normalized spacial score (nSPS) is 24.2. The lowest BCUT2D eigenvalue weighted by molar-refractivity contribution is -0.131. The topological polar surface area (TPSA) is 61.4 Å². The van der Waals surface area contributed by atoms with Gasteiger partial charge in [-0.1, -0.05) is 6.92 Å². The molecular formula is C12H23N3O2. The summed E-state index contributed by atoms with van der Waals surface area (Å²) in [5, 5.41) is 6.02. The summed E-state index contributed by atoms with van der Waals surface area (Å²) in [6.07, 6.45) is 2.81. The molecule has 17 heavy (non-hydrogen) atoms. The van der Waals surface area contributed by atoms with E-state index >= 15 is 0 Å². The summed E-state index contributed by atoms with van der Waals surface area (Å²) in [7, 11) is 3.36. The Balaban J connectivity index is 2.26. The molecule has 1 heterocycles. The van der Waals surface area contributed by atoms with E-state index in [1.54, 1.807) is 14.1 Å². The molecule has 1 saturated heterocycles. The Bertz CT molecular complexity index is 279. The van der Waals surface area contributed by atoms with E-state index in [2.05, 4.69) is 17.6 Å². The highest BCUT2D eigenvalue weighted by Gasteiger charge is 2.23. The van der Waals surface area contributed by atoms with Crippen LogP contribution >= 0.6 is 0 Å². The Hall–Kier alpha value is -1.10. The minimum Gasteiger partial charge on any atom is -0.347 e. The fraction of sp³-hybridized carbons (Fsp3) is 0.833. The molecule has 0 spiro atoms. The van der Waals surface area contributed by atoms with E-state index < -0.39 is 0 Å². The van der Waals surface area contributed by atoms with Crippen molar-refractivity contribution in [2.45, 2.75) is 32.2 Å². The first-order chi connectivity index (χ1) is 8.00. The van der Waals surface area contributed by atoms with Gasteiger partial charge in [0.05, 0.1) is 6.54 Å². The molecule has 0 aliphatic carbocycles. The number of hydrogen-bond donors (Lipinski definition) is 2. The summed E-state index contributed by atoms with van der Waals surface area (Å²) in [6, 6.07) is 0.248. The molecule has 1 fully saturated rings. The minimum atomic E-state index is -0.0806. The van der Waals surface area contributed by atoms with E-state index in [9.17, 15) is 9.59 Å². The quantitative estimate of drug-likeness (QED) is 0.726. The van der Waals surface area contributed by atoms with Gasteiger partial charge in [0.1, 0.15) is 0 Å². The molecule has 0 aromatic rings. The molecule has 2 atom stereocenters. The second kappa shape index (κ2) is 6.59. The molecule has 5 nitrogen and oxygen atoms in total. The zero-order chi connectivity index (χ0) is 12.8. The maximum atomic E-state index is 11.7. The van der Waals surface area contributed by atoms with Gasteiger partial charge in [0.2, 0.25) is 11.8 Å². The summed E-state index contributed by atoms with van der Waals surface area (Å²) in [4.78, 5) is 24.4. The van der Waals surface area contributed by atoms with Crippen molar-refractivity contribution < 1.29 is 9.59 Å². The van der Waals surface area contributed by atoms with Gasteiger partial charge in [-0.3, -0.25) is 9.59 Å². The van der Waals surface area contributed by atoms with E-state index in [1.807, 2.05) is 0 Å². The molecule has 5 heteroatoms. The molecule has 0 saturated carbocycles. The van der Waals surface area contributed by atoms with E-state index in [4.69, 9.17) is 0 Å². The zero-order valence-electron chi connectivity index (χ0n) is 11.0. The predicted octanol–water partition coefficient (Wildman–Crippen LogP) is -0.0310. The zero-order valence-corrected chi connectivity index (χ0v) is 11.0. The average Bonchev–Trinajstić information content (AvgIpc) is 2.29. The second-order valence-corrected chi connectivity index (χ2v) is 4.95. The van der Waals surface area contributed by atoms with Crippen LogP contribution in [0.4, 0.5) is 0 Å².